The SMILES string of the molecule is C/C=C/CC.C=CC(C)C.C=CC=C.CCC(C)=O.CCCC=O. The second-order valence-corrected chi connectivity index (χ2v) is 4.94. The second kappa shape index (κ2) is 42.9. The first-order valence-electron chi connectivity index (χ1n) is 8.69. The van der Waals surface area contributed by atoms with Gasteiger partial charge in [-0.15, -0.1) is 6.58 Å². The van der Waals surface area contributed by atoms with Crippen LogP contribution in [-0.4, -0.2) is 12.1 Å². The van der Waals surface area contributed by atoms with Gasteiger partial charge in [-0.25, -0.2) is 0 Å². The molecule has 0 atom stereocenters. The summed E-state index contributed by atoms with van der Waals surface area (Å²) >= 11 is 0. The van der Waals surface area contributed by atoms with E-state index in [9.17, 15) is 9.59 Å². The lowest BCUT2D eigenvalue weighted by molar-refractivity contribution is -0.116. The van der Waals surface area contributed by atoms with Crippen molar-refractivity contribution in [2.45, 2.75) is 74.1 Å². The quantitative estimate of drug-likeness (QED) is 0.293. The fourth-order valence-corrected chi connectivity index (χ4v) is 0.354. The maximum atomic E-state index is 9.81. The molecule has 0 aromatic carbocycles. The molecule has 0 aliphatic carbocycles. The molecule has 0 amide bonds. The lowest BCUT2D eigenvalue weighted by Crippen LogP contribution is -1.80. The van der Waals surface area contributed by atoms with Crippen molar-refractivity contribution in [1.29, 1.82) is 0 Å². The number of rotatable bonds is 6. The van der Waals surface area contributed by atoms with Gasteiger partial charge in [-0.1, -0.05) is 78.2 Å². The lowest BCUT2D eigenvalue weighted by Gasteiger charge is -1.84. The highest BCUT2D eigenvalue weighted by molar-refractivity contribution is 5.74. The van der Waals surface area contributed by atoms with Crippen LogP contribution in [0.2, 0.25) is 0 Å². The van der Waals surface area contributed by atoms with Gasteiger partial charge in [0.2, 0.25) is 0 Å². The molecular weight excluding hydrogens is 296 g/mol. The number of carbonyl (C=O) groups excluding carboxylic acids is 2. The van der Waals surface area contributed by atoms with Crippen molar-refractivity contribution in [3.63, 3.8) is 0 Å². The zero-order valence-corrected chi connectivity index (χ0v) is 17.3. The average Bonchev–Trinajstić information content (AvgIpc) is 2.58. The number of allylic oxidation sites excluding steroid dienone is 5. The number of Topliss-reactive ketones (excluding diaryl/α,β-unsaturated/α-hetero) is 1. The van der Waals surface area contributed by atoms with Crippen molar-refractivity contribution in [3.05, 3.63) is 50.1 Å². The topological polar surface area (TPSA) is 34.1 Å². The van der Waals surface area contributed by atoms with Gasteiger partial charge in [0.1, 0.15) is 12.1 Å². The highest BCUT2D eigenvalue weighted by atomic mass is 16.1. The Morgan fingerprint density at radius 3 is 1.42 bits per heavy atom. The van der Waals surface area contributed by atoms with Crippen molar-refractivity contribution in [2.75, 3.05) is 0 Å². The molecule has 142 valence electrons. The molecule has 0 aromatic heterocycles. The van der Waals surface area contributed by atoms with Gasteiger partial charge < -0.3 is 9.59 Å². The number of unbranched alkanes of at least 4 members (excludes halogenated alkanes) is 1. The number of carbonyl (C=O) groups is 2. The van der Waals surface area contributed by atoms with Crippen molar-refractivity contribution in [3.8, 4) is 0 Å². The summed E-state index contributed by atoms with van der Waals surface area (Å²) in [5, 5.41) is 0. The van der Waals surface area contributed by atoms with Crippen LogP contribution in [0.25, 0.3) is 0 Å². The molecule has 0 bridgehead atoms. The van der Waals surface area contributed by atoms with Gasteiger partial charge in [-0.3, -0.25) is 0 Å². The Morgan fingerprint density at radius 1 is 1.04 bits per heavy atom. The maximum Gasteiger partial charge on any atom is 0.129 e. The van der Waals surface area contributed by atoms with E-state index >= 15 is 0 Å². The van der Waals surface area contributed by atoms with Crippen LogP contribution in [0.3, 0.4) is 0 Å². The van der Waals surface area contributed by atoms with Crippen LogP contribution in [0.15, 0.2) is 50.1 Å². The summed E-state index contributed by atoms with van der Waals surface area (Å²) in [6.45, 7) is 24.1. The van der Waals surface area contributed by atoms with E-state index in [4.69, 9.17) is 0 Å². The Bertz CT molecular complexity index is 280. The van der Waals surface area contributed by atoms with Crippen LogP contribution in [-0.2, 0) is 9.59 Å². The Hall–Kier alpha value is -1.70. The van der Waals surface area contributed by atoms with Gasteiger partial charge in [-0.05, 0) is 32.6 Å². The van der Waals surface area contributed by atoms with E-state index in [0.717, 1.165) is 19.1 Å². The monoisotopic (exact) mass is 338 g/mol. The molecule has 0 fully saturated rings. The molecule has 0 saturated heterocycles. The number of hydrogen-bond acceptors (Lipinski definition) is 2. The minimum Gasteiger partial charge on any atom is -0.303 e. The van der Waals surface area contributed by atoms with E-state index in [-0.39, 0.29) is 5.78 Å². The molecule has 2 nitrogen and oxygen atoms in total. The molecular formula is C22H42O2. The molecule has 0 unspecified atom stereocenters. The fraction of sp³-hybridized carbons (Fsp3) is 0.545. The van der Waals surface area contributed by atoms with Crippen LogP contribution in [0.5, 0.6) is 0 Å². The summed E-state index contributed by atoms with van der Waals surface area (Å²) in [6.07, 6.45) is 13.8. The molecule has 0 spiro atoms. The first kappa shape index (κ1) is 33.8. The summed E-state index contributed by atoms with van der Waals surface area (Å²) in [7, 11) is 0. The van der Waals surface area contributed by atoms with Gasteiger partial charge >= 0.3 is 0 Å². The Morgan fingerprint density at radius 2 is 1.42 bits per heavy atom. The van der Waals surface area contributed by atoms with Crippen LogP contribution in [0, 0.1) is 5.92 Å². The predicted molar refractivity (Wildman–Crippen MR) is 112 cm³/mol. The maximum absolute atomic E-state index is 9.81. The van der Waals surface area contributed by atoms with E-state index in [1.165, 1.54) is 0 Å². The third-order valence-electron chi connectivity index (χ3n) is 2.01. The molecule has 0 aliphatic heterocycles. The third-order valence-corrected chi connectivity index (χ3v) is 2.01. The van der Waals surface area contributed by atoms with E-state index in [0.29, 0.717) is 18.8 Å². The summed E-state index contributed by atoms with van der Waals surface area (Å²) in [6, 6.07) is 0. The number of ketones is 1. The van der Waals surface area contributed by atoms with Gasteiger partial charge in [-0.2, -0.15) is 0 Å². The average molecular weight is 339 g/mol. The van der Waals surface area contributed by atoms with Crippen LogP contribution < -0.4 is 0 Å². The molecule has 0 aliphatic rings. The molecule has 0 aromatic rings. The lowest BCUT2D eigenvalue weighted by atomic mass is 10.2. The molecule has 0 N–H and O–H groups in total. The molecule has 2 heteroatoms. The fourth-order valence-electron chi connectivity index (χ4n) is 0.354. The van der Waals surface area contributed by atoms with Gasteiger partial charge in [0.05, 0.1) is 0 Å². The zero-order chi connectivity index (χ0) is 20.2. The second-order valence-electron chi connectivity index (χ2n) is 4.94. The largest absolute Gasteiger partial charge is 0.303 e. The molecule has 24 heavy (non-hydrogen) atoms. The van der Waals surface area contributed by atoms with Gasteiger partial charge in [0.15, 0.2) is 0 Å². The number of aldehydes is 1. The summed E-state index contributed by atoms with van der Waals surface area (Å²) in [4.78, 5) is 19.2. The van der Waals surface area contributed by atoms with E-state index in [1.54, 1.807) is 19.1 Å². The minimum atomic E-state index is 0.255. The Labute approximate surface area is 152 Å². The first-order chi connectivity index (χ1) is 11.3. The first-order valence-corrected chi connectivity index (χ1v) is 8.69. The summed E-state index contributed by atoms with van der Waals surface area (Å²) in [5.74, 6) is 0.903. The molecule has 0 rings (SSSR count). The van der Waals surface area contributed by atoms with Gasteiger partial charge in [0.25, 0.3) is 0 Å². The number of hydrogen-bond donors (Lipinski definition) is 0. The normalized spacial score (nSPS) is 7.83. The van der Waals surface area contributed by atoms with E-state index in [1.807, 2.05) is 26.8 Å². The smallest absolute Gasteiger partial charge is 0.129 e. The van der Waals surface area contributed by atoms with Crippen LogP contribution in [0.1, 0.15) is 74.1 Å². The zero-order valence-electron chi connectivity index (χ0n) is 17.3. The van der Waals surface area contributed by atoms with Crippen molar-refractivity contribution >= 4 is 12.1 Å². The van der Waals surface area contributed by atoms with E-state index in [2.05, 4.69) is 52.7 Å². The Kier molecular flexibility index (Phi) is 60.5. The van der Waals surface area contributed by atoms with Crippen molar-refractivity contribution in [1.82, 2.24) is 0 Å². The van der Waals surface area contributed by atoms with Crippen molar-refractivity contribution in [2.24, 2.45) is 5.92 Å². The van der Waals surface area contributed by atoms with Crippen molar-refractivity contribution < 1.29 is 9.59 Å². The van der Waals surface area contributed by atoms with Crippen LogP contribution in [0.4, 0.5) is 0 Å². The highest BCUT2D eigenvalue weighted by Gasteiger charge is 1.77. The minimum absolute atomic E-state index is 0.255. The predicted octanol–water partition coefficient (Wildman–Crippen LogP) is 7.13. The highest BCUT2D eigenvalue weighted by Crippen LogP contribution is 1.87. The van der Waals surface area contributed by atoms with Crippen LogP contribution >= 0.6 is 0 Å². The summed E-state index contributed by atoms with van der Waals surface area (Å²) < 4.78 is 0. The third kappa shape index (κ3) is 142. The standard InChI is InChI=1S/2C5H10.2C4H8O.C4H6/c1-4-5(2)3;1-3-5-4-2;1-3-4(2)5;1-2-3-4-5;1-3-4-2/h4-5H,1H2,2-3H3;3,5H,4H2,1-2H3;3H2,1-2H3;4H,2-3H2,1H3;3-4H,1-2H2/b;5-3+;;;. The Balaban J connectivity index is -0.0000000628. The summed E-state index contributed by atoms with van der Waals surface area (Å²) in [5.41, 5.74) is 0. The molecule has 0 saturated carbocycles. The van der Waals surface area contributed by atoms with E-state index < -0.39 is 0 Å². The van der Waals surface area contributed by atoms with Gasteiger partial charge in [0, 0.05) is 12.8 Å². The molecule has 0 heterocycles. The molecule has 0 radical (unpaired) electrons.